The first kappa shape index (κ1) is 18.7. The maximum absolute atomic E-state index is 10.6. The molecular formula is C18H30N2O2. The fraction of sp³-hybridized carbons (Fsp3) is 0.611. The maximum Gasteiger partial charge on any atom is 0.303 e. The number of aliphatic carboxylic acids is 1. The lowest BCUT2D eigenvalue weighted by Gasteiger charge is -2.34. The zero-order chi connectivity index (χ0) is 16.4. The molecule has 1 atom stereocenters. The van der Waals surface area contributed by atoms with Crippen LogP contribution in [0.4, 0.5) is 0 Å². The van der Waals surface area contributed by atoms with E-state index in [2.05, 4.69) is 12.1 Å². The second-order valence-corrected chi connectivity index (χ2v) is 6.50. The number of hydrogen-bond acceptors (Lipinski definition) is 3. The highest BCUT2D eigenvalue weighted by atomic mass is 16.4. The van der Waals surface area contributed by atoms with E-state index in [0.29, 0.717) is 6.54 Å². The maximum atomic E-state index is 10.6. The summed E-state index contributed by atoms with van der Waals surface area (Å²) < 4.78 is 0. The smallest absolute Gasteiger partial charge is 0.303 e. The summed E-state index contributed by atoms with van der Waals surface area (Å²) in [5.41, 5.74) is 12.5. The molecule has 0 bridgehead atoms. The summed E-state index contributed by atoms with van der Waals surface area (Å²) in [6.45, 7) is 2.55. The van der Waals surface area contributed by atoms with E-state index in [4.69, 9.17) is 16.6 Å². The standard InChI is InChI=1S/C9H17NO2.C9H13N/c10-7-9(6-8(11)12)4-2-1-3-5-9;1-8(10)7-9-5-3-2-4-6-9/h1-7,10H2,(H,11,12);2-6,8H,7,10H2,1H3. The highest BCUT2D eigenvalue weighted by Gasteiger charge is 2.32. The quantitative estimate of drug-likeness (QED) is 0.780. The van der Waals surface area contributed by atoms with Crippen molar-refractivity contribution in [3.63, 3.8) is 0 Å². The van der Waals surface area contributed by atoms with E-state index < -0.39 is 5.97 Å². The minimum Gasteiger partial charge on any atom is -0.481 e. The van der Waals surface area contributed by atoms with E-state index in [9.17, 15) is 4.79 Å². The first-order valence-electron chi connectivity index (χ1n) is 8.19. The second kappa shape index (κ2) is 9.59. The van der Waals surface area contributed by atoms with Crippen molar-refractivity contribution >= 4 is 5.97 Å². The molecule has 1 fully saturated rings. The Kier molecular flexibility index (Phi) is 8.13. The van der Waals surface area contributed by atoms with Gasteiger partial charge in [-0.3, -0.25) is 4.79 Å². The number of benzene rings is 1. The minimum atomic E-state index is -0.706. The molecule has 1 aliphatic rings. The van der Waals surface area contributed by atoms with Crippen molar-refractivity contribution in [2.24, 2.45) is 16.9 Å². The van der Waals surface area contributed by atoms with Gasteiger partial charge in [0.2, 0.25) is 0 Å². The van der Waals surface area contributed by atoms with Crippen molar-refractivity contribution in [2.45, 2.75) is 57.9 Å². The Morgan fingerprint density at radius 1 is 1.23 bits per heavy atom. The van der Waals surface area contributed by atoms with E-state index in [1.807, 2.05) is 25.1 Å². The molecule has 0 spiro atoms. The summed E-state index contributed by atoms with van der Waals surface area (Å²) in [6, 6.07) is 10.6. The van der Waals surface area contributed by atoms with Crippen molar-refractivity contribution in [1.29, 1.82) is 0 Å². The molecule has 1 aromatic carbocycles. The topological polar surface area (TPSA) is 89.3 Å². The molecule has 1 saturated carbocycles. The van der Waals surface area contributed by atoms with E-state index in [1.165, 1.54) is 12.0 Å². The number of rotatable bonds is 5. The zero-order valence-electron chi connectivity index (χ0n) is 13.6. The molecule has 1 aliphatic carbocycles. The molecule has 0 aliphatic heterocycles. The zero-order valence-corrected chi connectivity index (χ0v) is 13.6. The molecule has 2 rings (SSSR count). The van der Waals surface area contributed by atoms with Gasteiger partial charge in [0.1, 0.15) is 0 Å². The van der Waals surface area contributed by atoms with Gasteiger partial charge in [0.15, 0.2) is 0 Å². The average molecular weight is 306 g/mol. The van der Waals surface area contributed by atoms with Gasteiger partial charge >= 0.3 is 5.97 Å². The fourth-order valence-electron chi connectivity index (χ4n) is 3.06. The number of carboxylic acids is 1. The van der Waals surface area contributed by atoms with Gasteiger partial charge in [0.25, 0.3) is 0 Å². The Morgan fingerprint density at radius 3 is 2.27 bits per heavy atom. The molecule has 0 aromatic heterocycles. The Labute approximate surface area is 133 Å². The van der Waals surface area contributed by atoms with Crippen molar-refractivity contribution in [2.75, 3.05) is 6.54 Å². The van der Waals surface area contributed by atoms with Crippen molar-refractivity contribution < 1.29 is 9.90 Å². The van der Waals surface area contributed by atoms with Crippen LogP contribution in [0, 0.1) is 5.41 Å². The minimum absolute atomic E-state index is 0.0793. The van der Waals surface area contributed by atoms with Crippen LogP contribution in [0.25, 0.3) is 0 Å². The summed E-state index contributed by atoms with van der Waals surface area (Å²) >= 11 is 0. The van der Waals surface area contributed by atoms with Crippen molar-refractivity contribution in [3.8, 4) is 0 Å². The lowest BCUT2D eigenvalue weighted by atomic mass is 9.72. The summed E-state index contributed by atoms with van der Waals surface area (Å²) in [4.78, 5) is 10.6. The van der Waals surface area contributed by atoms with Crippen LogP contribution in [0.2, 0.25) is 0 Å². The van der Waals surface area contributed by atoms with E-state index in [-0.39, 0.29) is 17.9 Å². The Morgan fingerprint density at radius 2 is 1.82 bits per heavy atom. The number of nitrogens with two attached hydrogens (primary N) is 2. The summed E-state index contributed by atoms with van der Waals surface area (Å²) in [6.07, 6.45) is 6.74. The fourth-order valence-corrected chi connectivity index (χ4v) is 3.06. The number of carboxylic acid groups (broad SMARTS) is 1. The largest absolute Gasteiger partial charge is 0.481 e. The van der Waals surface area contributed by atoms with Crippen LogP contribution >= 0.6 is 0 Å². The van der Waals surface area contributed by atoms with Crippen LogP contribution in [-0.2, 0) is 11.2 Å². The van der Waals surface area contributed by atoms with Crippen LogP contribution in [-0.4, -0.2) is 23.7 Å². The molecule has 124 valence electrons. The summed E-state index contributed by atoms with van der Waals surface area (Å²) in [5, 5.41) is 8.71. The third kappa shape index (κ3) is 7.05. The Hall–Kier alpha value is -1.39. The average Bonchev–Trinajstić information content (AvgIpc) is 2.48. The van der Waals surface area contributed by atoms with E-state index in [1.54, 1.807) is 0 Å². The van der Waals surface area contributed by atoms with Gasteiger partial charge in [-0.2, -0.15) is 0 Å². The predicted molar refractivity (Wildman–Crippen MR) is 90.6 cm³/mol. The van der Waals surface area contributed by atoms with Crippen LogP contribution in [0.15, 0.2) is 30.3 Å². The Balaban J connectivity index is 0.000000224. The van der Waals surface area contributed by atoms with Gasteiger partial charge in [0, 0.05) is 6.04 Å². The number of hydrogen-bond donors (Lipinski definition) is 3. The third-order valence-corrected chi connectivity index (χ3v) is 4.27. The first-order valence-corrected chi connectivity index (χ1v) is 8.19. The van der Waals surface area contributed by atoms with Crippen LogP contribution in [0.3, 0.4) is 0 Å². The second-order valence-electron chi connectivity index (χ2n) is 6.50. The SMILES string of the molecule is CC(N)Cc1ccccc1.NCC1(CC(=O)O)CCCCC1. The highest BCUT2D eigenvalue weighted by Crippen LogP contribution is 2.38. The summed E-state index contributed by atoms with van der Waals surface area (Å²) in [7, 11) is 0. The van der Waals surface area contributed by atoms with Gasteiger partial charge in [-0.15, -0.1) is 0 Å². The predicted octanol–water partition coefficient (Wildman–Crippen LogP) is 2.95. The molecular weight excluding hydrogens is 276 g/mol. The molecule has 4 heteroatoms. The van der Waals surface area contributed by atoms with Gasteiger partial charge < -0.3 is 16.6 Å². The van der Waals surface area contributed by atoms with Gasteiger partial charge in [0.05, 0.1) is 6.42 Å². The van der Waals surface area contributed by atoms with E-state index in [0.717, 1.165) is 32.1 Å². The molecule has 0 heterocycles. The molecule has 22 heavy (non-hydrogen) atoms. The molecule has 5 N–H and O–H groups in total. The van der Waals surface area contributed by atoms with Crippen molar-refractivity contribution in [1.82, 2.24) is 0 Å². The number of carbonyl (C=O) groups is 1. The molecule has 1 aromatic rings. The van der Waals surface area contributed by atoms with E-state index >= 15 is 0 Å². The summed E-state index contributed by atoms with van der Waals surface area (Å²) in [5.74, 6) is -0.706. The molecule has 1 unspecified atom stereocenters. The van der Waals surface area contributed by atoms with Crippen LogP contribution in [0.5, 0.6) is 0 Å². The Bertz CT molecular complexity index is 426. The van der Waals surface area contributed by atoms with Crippen LogP contribution < -0.4 is 11.5 Å². The van der Waals surface area contributed by atoms with Crippen molar-refractivity contribution in [3.05, 3.63) is 35.9 Å². The van der Waals surface area contributed by atoms with Crippen LogP contribution in [0.1, 0.15) is 51.0 Å². The molecule has 0 saturated heterocycles. The van der Waals surface area contributed by atoms with Gasteiger partial charge in [-0.05, 0) is 43.7 Å². The van der Waals surface area contributed by atoms with Gasteiger partial charge in [-0.1, -0.05) is 49.6 Å². The monoisotopic (exact) mass is 306 g/mol. The normalized spacial score (nSPS) is 18.0. The lowest BCUT2D eigenvalue weighted by Crippen LogP contribution is -2.34. The molecule has 0 radical (unpaired) electrons. The highest BCUT2D eigenvalue weighted by molar-refractivity contribution is 5.67. The third-order valence-electron chi connectivity index (χ3n) is 4.27. The lowest BCUT2D eigenvalue weighted by molar-refractivity contribution is -0.140. The van der Waals surface area contributed by atoms with Gasteiger partial charge in [-0.25, -0.2) is 0 Å². The molecule has 0 amide bonds. The molecule has 4 nitrogen and oxygen atoms in total. The first-order chi connectivity index (χ1) is 10.5.